The first-order chi connectivity index (χ1) is 6.76. The normalized spacial score (nSPS) is 19.6. The summed E-state index contributed by atoms with van der Waals surface area (Å²) >= 11 is 0. The monoisotopic (exact) mass is 199 g/mol. The van der Waals surface area contributed by atoms with Gasteiger partial charge in [-0.25, -0.2) is 0 Å². The van der Waals surface area contributed by atoms with Gasteiger partial charge in [0.05, 0.1) is 7.11 Å². The van der Waals surface area contributed by atoms with Crippen LogP contribution in [0.5, 0.6) is 0 Å². The summed E-state index contributed by atoms with van der Waals surface area (Å²) in [5.41, 5.74) is 0. The van der Waals surface area contributed by atoms with Crippen LogP contribution in [0.1, 0.15) is 32.6 Å². The Labute approximate surface area is 86.4 Å². The zero-order valence-corrected chi connectivity index (χ0v) is 9.29. The van der Waals surface area contributed by atoms with E-state index in [4.69, 9.17) is 0 Å². The molecule has 0 amide bonds. The van der Waals surface area contributed by atoms with Gasteiger partial charge in [0.2, 0.25) is 0 Å². The largest absolute Gasteiger partial charge is 0.469 e. The third kappa shape index (κ3) is 3.66. The number of methoxy groups -OCH3 is 1. The second-order valence-corrected chi connectivity index (χ2v) is 4.07. The lowest BCUT2D eigenvalue weighted by atomic mass is 9.93. The van der Waals surface area contributed by atoms with Crippen LogP contribution < -0.4 is 0 Å². The smallest absolute Gasteiger partial charge is 0.305 e. The van der Waals surface area contributed by atoms with Gasteiger partial charge in [0.1, 0.15) is 0 Å². The lowest BCUT2D eigenvalue weighted by Crippen LogP contribution is -2.34. The van der Waals surface area contributed by atoms with Gasteiger partial charge in [-0.2, -0.15) is 0 Å². The van der Waals surface area contributed by atoms with Crippen molar-refractivity contribution in [3.63, 3.8) is 0 Å². The molecule has 0 unspecified atom stereocenters. The Morgan fingerprint density at radius 2 is 2.07 bits per heavy atom. The van der Waals surface area contributed by atoms with E-state index in [0.717, 1.165) is 25.9 Å². The Kier molecular flexibility index (Phi) is 4.94. The lowest BCUT2D eigenvalue weighted by Gasteiger charge is -2.31. The van der Waals surface area contributed by atoms with Gasteiger partial charge >= 0.3 is 5.97 Å². The third-order valence-corrected chi connectivity index (χ3v) is 2.93. The Balaban J connectivity index is 2.18. The molecule has 0 atom stereocenters. The van der Waals surface area contributed by atoms with E-state index >= 15 is 0 Å². The molecule has 0 aromatic carbocycles. The Bertz CT molecular complexity index is 174. The third-order valence-electron chi connectivity index (χ3n) is 2.93. The molecule has 14 heavy (non-hydrogen) atoms. The van der Waals surface area contributed by atoms with Gasteiger partial charge in [-0.3, -0.25) is 4.79 Å². The summed E-state index contributed by atoms with van der Waals surface area (Å²) in [5, 5.41) is 0. The second-order valence-electron chi connectivity index (χ2n) is 4.07. The van der Waals surface area contributed by atoms with Gasteiger partial charge in [-0.1, -0.05) is 6.92 Å². The summed E-state index contributed by atoms with van der Waals surface area (Å²) < 4.78 is 4.67. The Morgan fingerprint density at radius 3 is 2.57 bits per heavy atom. The maximum Gasteiger partial charge on any atom is 0.305 e. The number of carbonyl (C=O) groups is 1. The fourth-order valence-corrected chi connectivity index (χ4v) is 2.05. The summed E-state index contributed by atoms with van der Waals surface area (Å²) in [6, 6.07) is 0. The summed E-state index contributed by atoms with van der Waals surface area (Å²) in [5.74, 6) is 0.495. The summed E-state index contributed by atoms with van der Waals surface area (Å²) in [6.45, 7) is 5.70. The highest BCUT2D eigenvalue weighted by atomic mass is 16.5. The highest BCUT2D eigenvalue weighted by Gasteiger charge is 2.20. The van der Waals surface area contributed by atoms with Crippen LogP contribution in [0.2, 0.25) is 0 Å². The fourth-order valence-electron chi connectivity index (χ4n) is 2.05. The first-order valence-electron chi connectivity index (χ1n) is 5.55. The van der Waals surface area contributed by atoms with Gasteiger partial charge in [0.25, 0.3) is 0 Å². The number of esters is 1. The topological polar surface area (TPSA) is 29.5 Å². The van der Waals surface area contributed by atoms with E-state index in [-0.39, 0.29) is 5.97 Å². The molecule has 1 aliphatic rings. The lowest BCUT2D eigenvalue weighted by molar-refractivity contribution is -0.142. The molecule has 0 aliphatic carbocycles. The van der Waals surface area contributed by atoms with Crippen molar-refractivity contribution in [3.05, 3.63) is 0 Å². The van der Waals surface area contributed by atoms with Crippen molar-refractivity contribution in [1.82, 2.24) is 4.90 Å². The van der Waals surface area contributed by atoms with Crippen LogP contribution >= 0.6 is 0 Å². The number of nitrogens with zero attached hydrogens (tertiary/aromatic N) is 1. The first-order valence-corrected chi connectivity index (χ1v) is 5.55. The maximum absolute atomic E-state index is 11.1. The molecule has 0 aromatic rings. The van der Waals surface area contributed by atoms with E-state index < -0.39 is 0 Å². The van der Waals surface area contributed by atoms with E-state index in [0.29, 0.717) is 12.3 Å². The quantitative estimate of drug-likeness (QED) is 0.645. The van der Waals surface area contributed by atoms with E-state index in [1.807, 2.05) is 0 Å². The molecular formula is C11H21NO2. The Hall–Kier alpha value is -0.570. The summed E-state index contributed by atoms with van der Waals surface area (Å²) in [6.07, 6.45) is 4.13. The van der Waals surface area contributed by atoms with Gasteiger partial charge in [-0.05, 0) is 44.8 Å². The van der Waals surface area contributed by atoms with Crippen molar-refractivity contribution in [1.29, 1.82) is 0 Å². The number of piperidine rings is 1. The van der Waals surface area contributed by atoms with Crippen molar-refractivity contribution in [2.24, 2.45) is 5.92 Å². The molecule has 1 aliphatic heterocycles. The van der Waals surface area contributed by atoms with Gasteiger partial charge in [-0.15, -0.1) is 0 Å². The van der Waals surface area contributed by atoms with E-state index in [1.165, 1.54) is 20.1 Å². The molecule has 0 spiro atoms. The molecule has 1 rings (SSSR count). The average Bonchev–Trinajstić information content (AvgIpc) is 2.21. The molecule has 1 saturated heterocycles. The van der Waals surface area contributed by atoms with Gasteiger partial charge < -0.3 is 9.64 Å². The maximum atomic E-state index is 11.1. The predicted molar refractivity (Wildman–Crippen MR) is 56.1 cm³/mol. The van der Waals surface area contributed by atoms with E-state index in [2.05, 4.69) is 16.6 Å². The summed E-state index contributed by atoms with van der Waals surface area (Å²) in [7, 11) is 1.47. The highest BCUT2D eigenvalue weighted by molar-refractivity contribution is 5.69. The first kappa shape index (κ1) is 11.5. The minimum Gasteiger partial charge on any atom is -0.469 e. The van der Waals surface area contributed by atoms with Gasteiger partial charge in [0.15, 0.2) is 0 Å². The molecule has 0 N–H and O–H groups in total. The molecule has 1 heterocycles. The second kappa shape index (κ2) is 6.02. The van der Waals surface area contributed by atoms with E-state index in [9.17, 15) is 4.79 Å². The molecule has 3 heteroatoms. The van der Waals surface area contributed by atoms with Crippen LogP contribution in [0.4, 0.5) is 0 Å². The molecule has 0 aromatic heterocycles. The molecule has 82 valence electrons. The van der Waals surface area contributed by atoms with Crippen LogP contribution in [0.3, 0.4) is 0 Å². The van der Waals surface area contributed by atoms with Crippen molar-refractivity contribution < 1.29 is 9.53 Å². The minimum absolute atomic E-state index is 0.0565. The van der Waals surface area contributed by atoms with Gasteiger partial charge in [0, 0.05) is 6.42 Å². The van der Waals surface area contributed by atoms with Crippen LogP contribution in [0, 0.1) is 5.92 Å². The number of hydrogen-bond acceptors (Lipinski definition) is 3. The molecular weight excluding hydrogens is 178 g/mol. The standard InChI is InChI=1S/C11H21NO2/c1-3-6-12-7-4-10(5-8-12)9-11(13)14-2/h10H,3-9H2,1-2H3. The minimum atomic E-state index is -0.0565. The molecule has 3 nitrogen and oxygen atoms in total. The van der Waals surface area contributed by atoms with Crippen LogP contribution in [-0.2, 0) is 9.53 Å². The van der Waals surface area contributed by atoms with Crippen LogP contribution in [0.25, 0.3) is 0 Å². The Morgan fingerprint density at radius 1 is 1.43 bits per heavy atom. The number of hydrogen-bond donors (Lipinski definition) is 0. The fraction of sp³-hybridized carbons (Fsp3) is 0.909. The van der Waals surface area contributed by atoms with Crippen LogP contribution in [-0.4, -0.2) is 37.6 Å². The van der Waals surface area contributed by atoms with Crippen molar-refractivity contribution in [3.8, 4) is 0 Å². The molecule has 1 fully saturated rings. The average molecular weight is 199 g/mol. The number of carbonyl (C=O) groups excluding carboxylic acids is 1. The van der Waals surface area contributed by atoms with Crippen molar-refractivity contribution in [2.45, 2.75) is 32.6 Å². The highest BCUT2D eigenvalue weighted by Crippen LogP contribution is 2.20. The predicted octanol–water partition coefficient (Wildman–Crippen LogP) is 1.67. The number of ether oxygens (including phenoxy) is 1. The summed E-state index contributed by atoms with van der Waals surface area (Å²) in [4.78, 5) is 13.5. The molecule has 0 radical (unpaired) electrons. The van der Waals surface area contributed by atoms with Crippen LogP contribution in [0.15, 0.2) is 0 Å². The van der Waals surface area contributed by atoms with E-state index in [1.54, 1.807) is 0 Å². The zero-order chi connectivity index (χ0) is 10.4. The SMILES string of the molecule is CCCN1CCC(CC(=O)OC)CC1. The van der Waals surface area contributed by atoms with Crippen molar-refractivity contribution in [2.75, 3.05) is 26.7 Å². The molecule has 0 bridgehead atoms. The van der Waals surface area contributed by atoms with Crippen molar-refractivity contribution >= 4 is 5.97 Å². The number of rotatable bonds is 4. The number of likely N-dealkylation sites (tertiary alicyclic amines) is 1. The molecule has 0 saturated carbocycles. The zero-order valence-electron chi connectivity index (χ0n) is 9.29.